The Morgan fingerprint density at radius 2 is 2.25 bits per heavy atom. The maximum atomic E-state index is 6.02. The van der Waals surface area contributed by atoms with Gasteiger partial charge in [-0.05, 0) is 41.9 Å². The van der Waals surface area contributed by atoms with Crippen molar-refractivity contribution in [3.63, 3.8) is 0 Å². The number of hydrogen-bond donors (Lipinski definition) is 1. The fraction of sp³-hybridized carbons (Fsp3) is 0.364. The minimum absolute atomic E-state index is 0.0258. The average molecular weight is 320 g/mol. The van der Waals surface area contributed by atoms with Crippen molar-refractivity contribution in [2.75, 3.05) is 11.1 Å². The van der Waals surface area contributed by atoms with Crippen LogP contribution in [-0.4, -0.2) is 16.5 Å². The first-order chi connectivity index (χ1) is 7.48. The molecule has 0 saturated carbocycles. The van der Waals surface area contributed by atoms with Gasteiger partial charge >= 0.3 is 0 Å². The molecule has 0 spiro atoms. The Morgan fingerprint density at radius 3 is 2.88 bits per heavy atom. The Morgan fingerprint density at radius 1 is 1.50 bits per heavy atom. The molecule has 0 fully saturated rings. The van der Waals surface area contributed by atoms with E-state index in [0.717, 1.165) is 21.1 Å². The van der Waals surface area contributed by atoms with Gasteiger partial charge in [-0.15, -0.1) is 0 Å². The second-order valence-corrected chi connectivity index (χ2v) is 6.41. The van der Waals surface area contributed by atoms with Crippen LogP contribution in [0.15, 0.2) is 27.7 Å². The molecule has 1 heterocycles. The van der Waals surface area contributed by atoms with Crippen molar-refractivity contribution in [3.05, 3.63) is 27.7 Å². The lowest BCUT2D eigenvalue weighted by molar-refractivity contribution is 0.605. The molecule has 0 aromatic heterocycles. The molecular weight excluding hydrogens is 308 g/mol. The summed E-state index contributed by atoms with van der Waals surface area (Å²) in [5.41, 5.74) is 0.981. The highest BCUT2D eigenvalue weighted by atomic mass is 79.9. The first-order valence-corrected chi connectivity index (χ1v) is 7.07. The first kappa shape index (κ1) is 12.3. The number of aliphatic imine (C=N–C) groups is 1. The van der Waals surface area contributed by atoms with E-state index in [1.807, 2.05) is 18.2 Å². The molecular formula is C11H12BrClN2S. The third-order valence-corrected chi connectivity index (χ3v) is 4.87. The summed E-state index contributed by atoms with van der Waals surface area (Å²) in [6, 6.07) is 5.75. The molecule has 1 aliphatic heterocycles. The highest BCUT2D eigenvalue weighted by molar-refractivity contribution is 9.10. The molecule has 0 bridgehead atoms. The maximum absolute atomic E-state index is 6.02. The summed E-state index contributed by atoms with van der Waals surface area (Å²) < 4.78 is 0.879. The van der Waals surface area contributed by atoms with Crippen LogP contribution in [-0.2, 0) is 0 Å². The van der Waals surface area contributed by atoms with Crippen molar-refractivity contribution in [2.45, 2.75) is 19.4 Å². The first-order valence-electron chi connectivity index (χ1n) is 4.92. The van der Waals surface area contributed by atoms with E-state index >= 15 is 0 Å². The Hall–Kier alpha value is -0.190. The van der Waals surface area contributed by atoms with E-state index in [0.29, 0.717) is 5.02 Å². The summed E-state index contributed by atoms with van der Waals surface area (Å²) >= 11 is 11.2. The smallest absolute Gasteiger partial charge is 0.161 e. The van der Waals surface area contributed by atoms with Gasteiger partial charge in [-0.2, -0.15) is 0 Å². The van der Waals surface area contributed by atoms with Crippen molar-refractivity contribution in [1.82, 2.24) is 0 Å². The molecule has 0 radical (unpaired) electrons. The van der Waals surface area contributed by atoms with Crippen LogP contribution < -0.4 is 5.32 Å². The van der Waals surface area contributed by atoms with Crippen LogP contribution >= 0.6 is 39.3 Å². The lowest BCUT2D eigenvalue weighted by Gasteiger charge is -2.10. The van der Waals surface area contributed by atoms with Gasteiger partial charge in [0.25, 0.3) is 0 Å². The molecule has 0 unspecified atom stereocenters. The molecule has 0 atom stereocenters. The lowest BCUT2D eigenvalue weighted by atomic mass is 10.1. The monoisotopic (exact) mass is 318 g/mol. The molecule has 0 aliphatic carbocycles. The van der Waals surface area contributed by atoms with Crippen molar-refractivity contribution < 1.29 is 0 Å². The van der Waals surface area contributed by atoms with Crippen LogP contribution in [0.5, 0.6) is 0 Å². The number of amidine groups is 1. The Kier molecular flexibility index (Phi) is 3.52. The van der Waals surface area contributed by atoms with E-state index in [1.54, 1.807) is 11.8 Å². The van der Waals surface area contributed by atoms with E-state index in [1.165, 1.54) is 0 Å². The van der Waals surface area contributed by atoms with Crippen molar-refractivity contribution in [2.24, 2.45) is 4.99 Å². The predicted molar refractivity (Wildman–Crippen MR) is 76.7 cm³/mol. The van der Waals surface area contributed by atoms with Crippen LogP contribution in [0.4, 0.5) is 5.69 Å². The molecule has 1 aliphatic rings. The molecule has 86 valence electrons. The van der Waals surface area contributed by atoms with Crippen molar-refractivity contribution >= 4 is 50.1 Å². The average Bonchev–Trinajstić information content (AvgIpc) is 2.53. The fourth-order valence-electron chi connectivity index (χ4n) is 1.36. The Bertz CT molecular complexity index is 446. The molecule has 2 rings (SSSR count). The van der Waals surface area contributed by atoms with Crippen LogP contribution in [0.1, 0.15) is 13.8 Å². The van der Waals surface area contributed by atoms with Crippen LogP contribution in [0.25, 0.3) is 0 Å². The van der Waals surface area contributed by atoms with E-state index in [9.17, 15) is 0 Å². The number of anilines is 1. The van der Waals surface area contributed by atoms with Gasteiger partial charge in [-0.3, -0.25) is 4.99 Å². The summed E-state index contributed by atoms with van der Waals surface area (Å²) in [5.74, 6) is 1.01. The zero-order chi connectivity index (χ0) is 11.8. The number of thioether (sulfide) groups is 1. The fourth-order valence-corrected chi connectivity index (χ4v) is 2.95. The number of nitrogens with one attached hydrogen (secondary N) is 1. The summed E-state index contributed by atoms with van der Waals surface area (Å²) in [4.78, 5) is 4.59. The Labute approximate surface area is 113 Å². The highest BCUT2D eigenvalue weighted by Crippen LogP contribution is 2.33. The topological polar surface area (TPSA) is 24.4 Å². The van der Waals surface area contributed by atoms with Gasteiger partial charge in [0, 0.05) is 5.75 Å². The minimum Gasteiger partial charge on any atom is -0.334 e. The zero-order valence-electron chi connectivity index (χ0n) is 9.05. The van der Waals surface area contributed by atoms with Gasteiger partial charge in [0.2, 0.25) is 0 Å². The third kappa shape index (κ3) is 2.73. The Balaban J connectivity index is 2.20. The lowest BCUT2D eigenvalue weighted by Crippen LogP contribution is -2.15. The number of benzene rings is 1. The van der Waals surface area contributed by atoms with E-state index in [4.69, 9.17) is 11.6 Å². The number of halogens is 2. The second kappa shape index (κ2) is 4.59. The molecule has 1 N–H and O–H groups in total. The van der Waals surface area contributed by atoms with Crippen LogP contribution in [0.2, 0.25) is 5.02 Å². The summed E-state index contributed by atoms with van der Waals surface area (Å²) in [6.45, 7) is 4.25. The molecule has 0 amide bonds. The van der Waals surface area contributed by atoms with Gasteiger partial charge < -0.3 is 5.32 Å². The largest absolute Gasteiger partial charge is 0.334 e. The highest BCUT2D eigenvalue weighted by Gasteiger charge is 2.25. The molecule has 0 saturated heterocycles. The predicted octanol–water partition coefficient (Wildman–Crippen LogP) is 4.40. The van der Waals surface area contributed by atoms with Gasteiger partial charge in [0.15, 0.2) is 5.17 Å². The third-order valence-electron chi connectivity index (χ3n) is 2.16. The van der Waals surface area contributed by atoms with Gasteiger partial charge in [-0.1, -0.05) is 29.4 Å². The molecule has 1 aromatic carbocycles. The van der Waals surface area contributed by atoms with E-state index in [2.05, 4.69) is 40.1 Å². The van der Waals surface area contributed by atoms with Crippen LogP contribution in [0.3, 0.4) is 0 Å². The molecule has 2 nitrogen and oxygen atoms in total. The minimum atomic E-state index is 0.0258. The van der Waals surface area contributed by atoms with E-state index in [-0.39, 0.29) is 5.54 Å². The van der Waals surface area contributed by atoms with Crippen molar-refractivity contribution in [3.8, 4) is 0 Å². The zero-order valence-corrected chi connectivity index (χ0v) is 12.2. The van der Waals surface area contributed by atoms with Gasteiger partial charge in [0.05, 0.1) is 20.7 Å². The normalized spacial score (nSPS) is 18.4. The summed E-state index contributed by atoms with van der Waals surface area (Å²) in [7, 11) is 0. The van der Waals surface area contributed by atoms with Crippen molar-refractivity contribution in [1.29, 1.82) is 0 Å². The van der Waals surface area contributed by atoms with Gasteiger partial charge in [0.1, 0.15) is 0 Å². The molecule has 16 heavy (non-hydrogen) atoms. The number of hydrogen-bond acceptors (Lipinski definition) is 3. The van der Waals surface area contributed by atoms with E-state index < -0.39 is 0 Å². The number of nitrogens with zero attached hydrogens (tertiary/aromatic N) is 1. The summed E-state index contributed by atoms with van der Waals surface area (Å²) in [5, 5.41) is 4.94. The number of rotatable bonds is 1. The standard InChI is InChI=1S/C11H12BrClN2S/c1-11(2)6-16-10(15-11)14-8-5-3-4-7(13)9(8)12/h3-5H,6H2,1-2H3,(H,14,15). The molecule has 5 heteroatoms. The van der Waals surface area contributed by atoms with Gasteiger partial charge in [-0.25, -0.2) is 0 Å². The quantitative estimate of drug-likeness (QED) is 0.830. The molecule has 1 aromatic rings. The van der Waals surface area contributed by atoms with Crippen LogP contribution in [0, 0.1) is 0 Å². The second-order valence-electron chi connectivity index (χ2n) is 4.24. The SMILES string of the molecule is CC1(C)CSC(Nc2cccc(Cl)c2Br)=N1. The summed E-state index contributed by atoms with van der Waals surface area (Å²) in [6.07, 6.45) is 0. The maximum Gasteiger partial charge on any atom is 0.161 e.